The van der Waals surface area contributed by atoms with Gasteiger partial charge in [-0.1, -0.05) is 24.3 Å². The molecule has 3 aromatic rings. The summed E-state index contributed by atoms with van der Waals surface area (Å²) in [4.78, 5) is 14.4. The molecule has 3 N–H and O–H groups in total. The molecular weight excluding hydrogens is 413 g/mol. The van der Waals surface area contributed by atoms with Crippen LogP contribution in [0.1, 0.15) is 16.7 Å². The third-order valence-electron chi connectivity index (χ3n) is 4.21. The number of hydrogen-bond acceptors (Lipinski definition) is 6. The highest BCUT2D eigenvalue weighted by molar-refractivity contribution is 5.81. The van der Waals surface area contributed by atoms with Gasteiger partial charge in [0.15, 0.2) is 0 Å². The Morgan fingerprint density at radius 1 is 0.968 bits per heavy atom. The number of H-pyrrole nitrogens is 1. The van der Waals surface area contributed by atoms with Crippen molar-refractivity contribution in [3.05, 3.63) is 75.6 Å². The van der Waals surface area contributed by atoms with Crippen molar-refractivity contribution in [2.24, 2.45) is 0 Å². The van der Waals surface area contributed by atoms with Crippen LogP contribution < -0.4 is 20.8 Å². The van der Waals surface area contributed by atoms with Gasteiger partial charge in [0.05, 0.1) is 0 Å². The number of pyridine rings is 1. The van der Waals surface area contributed by atoms with Crippen molar-refractivity contribution in [3.8, 4) is 34.8 Å². The normalized spacial score (nSPS) is 10.7. The van der Waals surface area contributed by atoms with E-state index < -0.39 is 17.7 Å². The van der Waals surface area contributed by atoms with E-state index in [2.05, 4.69) is 9.72 Å². The molecule has 0 saturated heterocycles. The van der Waals surface area contributed by atoms with Crippen molar-refractivity contribution in [1.29, 1.82) is 10.5 Å². The number of nitrogens with two attached hydrogens (primary N) is 1. The van der Waals surface area contributed by atoms with Gasteiger partial charge in [0.25, 0.3) is 5.56 Å². The van der Waals surface area contributed by atoms with E-state index in [4.69, 9.17) is 10.5 Å². The smallest absolute Gasteiger partial charge is 0.489 e. The molecule has 0 aliphatic carbocycles. The summed E-state index contributed by atoms with van der Waals surface area (Å²) in [5.41, 5.74) is 5.70. The van der Waals surface area contributed by atoms with Crippen LogP contribution in [-0.4, -0.2) is 11.3 Å². The average Bonchev–Trinajstić information content (AvgIpc) is 2.72. The van der Waals surface area contributed by atoms with Gasteiger partial charge in [0.1, 0.15) is 47.2 Å². The summed E-state index contributed by atoms with van der Waals surface area (Å²) in [6.07, 6.45) is -4.80. The molecule has 0 aliphatic heterocycles. The van der Waals surface area contributed by atoms with Crippen LogP contribution in [0.5, 0.6) is 11.5 Å². The predicted octanol–water partition coefficient (Wildman–Crippen LogP) is 3.85. The molecule has 7 nitrogen and oxygen atoms in total. The van der Waals surface area contributed by atoms with Crippen molar-refractivity contribution in [3.63, 3.8) is 0 Å². The number of ether oxygens (including phenoxy) is 2. The molecule has 1 heterocycles. The van der Waals surface area contributed by atoms with E-state index in [0.717, 1.165) is 12.1 Å². The second-order valence-corrected chi connectivity index (χ2v) is 6.18. The lowest BCUT2D eigenvalue weighted by Crippen LogP contribution is -2.17. The van der Waals surface area contributed by atoms with Gasteiger partial charge in [0, 0.05) is 5.56 Å². The van der Waals surface area contributed by atoms with E-state index in [0.29, 0.717) is 11.1 Å². The van der Waals surface area contributed by atoms with Gasteiger partial charge >= 0.3 is 6.36 Å². The number of nitrogens with one attached hydrogen (secondary N) is 1. The molecule has 156 valence electrons. The molecule has 0 spiro atoms. The van der Waals surface area contributed by atoms with Crippen LogP contribution in [0.4, 0.5) is 19.0 Å². The number of aromatic nitrogens is 1. The van der Waals surface area contributed by atoms with Crippen molar-refractivity contribution in [2.75, 3.05) is 5.73 Å². The first-order chi connectivity index (χ1) is 14.7. The zero-order chi connectivity index (χ0) is 22.6. The number of alkyl halides is 3. The molecule has 3 rings (SSSR count). The van der Waals surface area contributed by atoms with E-state index in [1.54, 1.807) is 30.3 Å². The molecule has 0 atom stereocenters. The Labute approximate surface area is 173 Å². The Kier molecular flexibility index (Phi) is 5.84. The third kappa shape index (κ3) is 4.77. The lowest BCUT2D eigenvalue weighted by atomic mass is 9.93. The molecule has 1 aromatic heterocycles. The fourth-order valence-corrected chi connectivity index (χ4v) is 2.90. The number of benzene rings is 2. The van der Waals surface area contributed by atoms with Crippen LogP contribution in [0.15, 0.2) is 53.3 Å². The van der Waals surface area contributed by atoms with Crippen LogP contribution in [0.3, 0.4) is 0 Å². The molecule has 0 aliphatic rings. The lowest BCUT2D eigenvalue weighted by Gasteiger charge is -2.14. The number of rotatable bonds is 5. The van der Waals surface area contributed by atoms with Crippen molar-refractivity contribution < 1.29 is 22.6 Å². The second-order valence-electron chi connectivity index (χ2n) is 6.18. The fourth-order valence-electron chi connectivity index (χ4n) is 2.90. The van der Waals surface area contributed by atoms with E-state index in [1.807, 2.05) is 6.07 Å². The summed E-state index contributed by atoms with van der Waals surface area (Å²) >= 11 is 0. The molecule has 0 saturated carbocycles. The Morgan fingerprint density at radius 2 is 1.58 bits per heavy atom. The number of hydrogen-bond donors (Lipinski definition) is 2. The Morgan fingerprint density at radius 3 is 2.19 bits per heavy atom. The van der Waals surface area contributed by atoms with Gasteiger partial charge in [-0.05, 0) is 35.4 Å². The molecular formula is C21H13F3N4O3. The number of anilines is 1. The first-order valence-electron chi connectivity index (χ1n) is 8.66. The minimum absolute atomic E-state index is 0.0575. The summed E-state index contributed by atoms with van der Waals surface area (Å²) in [7, 11) is 0. The van der Waals surface area contributed by atoms with Gasteiger partial charge in [-0.25, -0.2) is 0 Å². The quantitative estimate of drug-likeness (QED) is 0.639. The first kappa shape index (κ1) is 21.3. The maximum absolute atomic E-state index is 12.3. The van der Waals surface area contributed by atoms with Gasteiger partial charge in [-0.15, -0.1) is 13.2 Å². The zero-order valence-electron chi connectivity index (χ0n) is 15.7. The lowest BCUT2D eigenvalue weighted by molar-refractivity contribution is -0.274. The molecule has 0 fully saturated rings. The highest BCUT2D eigenvalue weighted by Gasteiger charge is 2.31. The zero-order valence-corrected chi connectivity index (χ0v) is 15.7. The largest absolute Gasteiger partial charge is 0.573 e. The van der Waals surface area contributed by atoms with E-state index >= 15 is 0 Å². The molecule has 0 bridgehead atoms. The highest BCUT2D eigenvalue weighted by Crippen LogP contribution is 2.32. The minimum atomic E-state index is -4.80. The highest BCUT2D eigenvalue weighted by atomic mass is 19.4. The van der Waals surface area contributed by atoms with Crippen LogP contribution >= 0.6 is 0 Å². The summed E-state index contributed by atoms with van der Waals surface area (Å²) in [5, 5.41) is 18.9. The van der Waals surface area contributed by atoms with E-state index in [-0.39, 0.29) is 34.9 Å². The maximum Gasteiger partial charge on any atom is 0.573 e. The van der Waals surface area contributed by atoms with Crippen molar-refractivity contribution in [2.45, 2.75) is 13.0 Å². The summed E-state index contributed by atoms with van der Waals surface area (Å²) in [6.45, 7) is -0.0575. The molecule has 0 unspecified atom stereocenters. The topological polar surface area (TPSA) is 125 Å². The summed E-state index contributed by atoms with van der Waals surface area (Å²) in [6, 6.07) is 15.1. The van der Waals surface area contributed by atoms with E-state index in [1.165, 1.54) is 12.1 Å². The number of halogens is 3. The van der Waals surface area contributed by atoms with Crippen LogP contribution in [-0.2, 0) is 6.61 Å². The number of nitrogens with zero attached hydrogens (tertiary/aromatic N) is 2. The SMILES string of the molecule is N#Cc1c(N)[nH]c(=O)c(C#N)c1-c1ccccc1COc1ccc(OC(F)(F)F)cc1. The molecule has 10 heteroatoms. The standard InChI is InChI=1S/C21H13F3N4O3/c22-21(23,24)31-14-7-5-13(6-8-14)30-11-12-3-1-2-4-15(12)18-16(9-25)19(27)28-20(29)17(18)10-26/h1-8H,11H2,(H3,27,28,29). The van der Waals surface area contributed by atoms with Gasteiger partial charge in [-0.3, -0.25) is 4.79 Å². The average molecular weight is 426 g/mol. The number of aromatic amines is 1. The van der Waals surface area contributed by atoms with Crippen LogP contribution in [0.2, 0.25) is 0 Å². The van der Waals surface area contributed by atoms with Crippen LogP contribution in [0.25, 0.3) is 11.1 Å². The number of nitrogen functional groups attached to an aromatic ring is 1. The second kappa shape index (κ2) is 8.51. The Hall–Kier alpha value is -4.44. The van der Waals surface area contributed by atoms with Gasteiger partial charge < -0.3 is 20.2 Å². The summed E-state index contributed by atoms with van der Waals surface area (Å²) < 4.78 is 46.2. The van der Waals surface area contributed by atoms with Crippen molar-refractivity contribution >= 4 is 5.82 Å². The van der Waals surface area contributed by atoms with Crippen molar-refractivity contribution in [1.82, 2.24) is 4.98 Å². The third-order valence-corrected chi connectivity index (χ3v) is 4.21. The maximum atomic E-state index is 12.3. The predicted molar refractivity (Wildman–Crippen MR) is 104 cm³/mol. The summed E-state index contributed by atoms with van der Waals surface area (Å²) in [5.74, 6) is -0.301. The monoisotopic (exact) mass is 426 g/mol. The van der Waals surface area contributed by atoms with E-state index in [9.17, 15) is 28.5 Å². The molecule has 0 radical (unpaired) electrons. The van der Waals surface area contributed by atoms with Gasteiger partial charge in [-0.2, -0.15) is 10.5 Å². The minimum Gasteiger partial charge on any atom is -0.489 e. The number of nitriles is 2. The Bertz CT molecular complexity index is 1250. The Balaban J connectivity index is 1.94. The van der Waals surface area contributed by atoms with Crippen LogP contribution in [0, 0.1) is 22.7 Å². The van der Waals surface area contributed by atoms with Gasteiger partial charge in [0.2, 0.25) is 0 Å². The molecule has 31 heavy (non-hydrogen) atoms. The fraction of sp³-hybridized carbons (Fsp3) is 0.0952. The first-order valence-corrected chi connectivity index (χ1v) is 8.66. The molecule has 0 amide bonds. The molecule has 2 aromatic carbocycles.